The highest BCUT2D eigenvalue weighted by atomic mass is 16.5. The first-order valence-electron chi connectivity index (χ1n) is 10.7. The lowest BCUT2D eigenvalue weighted by atomic mass is 10.0. The van der Waals surface area contributed by atoms with Crippen molar-refractivity contribution in [3.63, 3.8) is 0 Å². The highest BCUT2D eigenvalue weighted by Crippen LogP contribution is 2.28. The van der Waals surface area contributed by atoms with Crippen molar-refractivity contribution >= 4 is 35.1 Å². The summed E-state index contributed by atoms with van der Waals surface area (Å²) in [4.78, 5) is 51.5. The van der Waals surface area contributed by atoms with Crippen molar-refractivity contribution in [2.45, 2.75) is 26.8 Å². The lowest BCUT2D eigenvalue weighted by Crippen LogP contribution is -2.47. The number of hydrogen-bond acceptors (Lipinski definition) is 6. The van der Waals surface area contributed by atoms with Gasteiger partial charge in [0, 0.05) is 0 Å². The van der Waals surface area contributed by atoms with Gasteiger partial charge in [0.1, 0.15) is 18.3 Å². The lowest BCUT2D eigenvalue weighted by molar-refractivity contribution is -0.150. The van der Waals surface area contributed by atoms with E-state index in [-0.39, 0.29) is 18.4 Å². The van der Waals surface area contributed by atoms with Crippen LogP contribution in [0.2, 0.25) is 0 Å². The van der Waals surface area contributed by atoms with Crippen molar-refractivity contribution in [3.8, 4) is 5.75 Å². The monoisotopic (exact) mass is 453 g/mol. The van der Waals surface area contributed by atoms with Crippen molar-refractivity contribution in [3.05, 3.63) is 54.1 Å². The van der Waals surface area contributed by atoms with Gasteiger partial charge in [0.05, 0.1) is 23.5 Å². The van der Waals surface area contributed by atoms with Gasteiger partial charge in [-0.05, 0) is 37.1 Å². The van der Waals surface area contributed by atoms with Crippen molar-refractivity contribution in [2.75, 3.05) is 30.0 Å². The molecular weight excluding hydrogens is 426 g/mol. The summed E-state index contributed by atoms with van der Waals surface area (Å²) in [5, 5.41) is 5.37. The number of fused-ring (bicyclic) bond motifs is 1. The minimum atomic E-state index is -0.975. The molecule has 0 spiro atoms. The summed E-state index contributed by atoms with van der Waals surface area (Å²) in [5.74, 6) is -1.99. The SMILES string of the molecule is CCOc1ccccc1C(=O)NC(C(=O)OCC(=O)N1CC(=O)Nc2ccccc21)C(C)C. The van der Waals surface area contributed by atoms with E-state index in [1.54, 1.807) is 62.4 Å². The van der Waals surface area contributed by atoms with Crippen molar-refractivity contribution in [2.24, 2.45) is 5.92 Å². The van der Waals surface area contributed by atoms with E-state index >= 15 is 0 Å². The number of benzene rings is 2. The van der Waals surface area contributed by atoms with E-state index in [9.17, 15) is 19.2 Å². The first kappa shape index (κ1) is 23.8. The molecule has 1 aliphatic rings. The highest BCUT2D eigenvalue weighted by molar-refractivity contribution is 6.10. The number of ether oxygens (including phenoxy) is 2. The van der Waals surface area contributed by atoms with Crippen LogP contribution >= 0.6 is 0 Å². The summed E-state index contributed by atoms with van der Waals surface area (Å²) >= 11 is 0. The molecule has 3 amide bonds. The van der Waals surface area contributed by atoms with Gasteiger partial charge in [0.25, 0.3) is 11.8 Å². The molecule has 1 aliphatic heterocycles. The summed E-state index contributed by atoms with van der Waals surface area (Å²) in [7, 11) is 0. The molecule has 174 valence electrons. The van der Waals surface area contributed by atoms with E-state index in [0.717, 1.165) is 0 Å². The summed E-state index contributed by atoms with van der Waals surface area (Å²) in [6.45, 7) is 4.98. The van der Waals surface area contributed by atoms with E-state index in [0.29, 0.717) is 29.3 Å². The smallest absolute Gasteiger partial charge is 0.329 e. The van der Waals surface area contributed by atoms with Gasteiger partial charge in [-0.15, -0.1) is 0 Å². The Balaban J connectivity index is 1.66. The predicted octanol–water partition coefficient (Wildman–Crippen LogP) is 2.37. The fourth-order valence-electron chi connectivity index (χ4n) is 3.41. The third-order valence-corrected chi connectivity index (χ3v) is 5.05. The van der Waals surface area contributed by atoms with Crippen LogP contribution in [0.15, 0.2) is 48.5 Å². The number of nitrogens with one attached hydrogen (secondary N) is 2. The zero-order chi connectivity index (χ0) is 24.0. The molecule has 1 unspecified atom stereocenters. The summed E-state index contributed by atoms with van der Waals surface area (Å²) in [6, 6.07) is 12.6. The van der Waals surface area contributed by atoms with E-state index < -0.39 is 30.4 Å². The molecule has 1 atom stereocenters. The van der Waals surface area contributed by atoms with Crippen LogP contribution in [0.4, 0.5) is 11.4 Å². The molecule has 2 N–H and O–H groups in total. The van der Waals surface area contributed by atoms with Gasteiger partial charge in [0.2, 0.25) is 5.91 Å². The van der Waals surface area contributed by atoms with Crippen LogP contribution in [-0.4, -0.2) is 49.5 Å². The second-order valence-corrected chi connectivity index (χ2v) is 7.78. The quantitative estimate of drug-likeness (QED) is 0.593. The number of anilines is 2. The molecule has 0 saturated carbocycles. The van der Waals surface area contributed by atoms with Crippen molar-refractivity contribution in [1.29, 1.82) is 0 Å². The van der Waals surface area contributed by atoms with Gasteiger partial charge in [-0.1, -0.05) is 38.1 Å². The topological polar surface area (TPSA) is 114 Å². The largest absolute Gasteiger partial charge is 0.493 e. The average Bonchev–Trinajstić information content (AvgIpc) is 2.80. The number of esters is 1. The number of carbonyl (C=O) groups excluding carboxylic acids is 4. The van der Waals surface area contributed by atoms with E-state index in [2.05, 4.69) is 10.6 Å². The molecule has 0 radical (unpaired) electrons. The second kappa shape index (κ2) is 10.6. The zero-order valence-corrected chi connectivity index (χ0v) is 18.8. The molecule has 0 aromatic heterocycles. The number of rotatable bonds is 8. The second-order valence-electron chi connectivity index (χ2n) is 7.78. The van der Waals surface area contributed by atoms with Crippen LogP contribution < -0.4 is 20.3 Å². The normalized spacial score (nSPS) is 13.6. The minimum Gasteiger partial charge on any atom is -0.493 e. The molecule has 33 heavy (non-hydrogen) atoms. The van der Waals surface area contributed by atoms with Gasteiger partial charge in [-0.3, -0.25) is 19.3 Å². The maximum atomic E-state index is 12.8. The molecule has 0 saturated heterocycles. The van der Waals surface area contributed by atoms with Gasteiger partial charge >= 0.3 is 5.97 Å². The summed E-state index contributed by atoms with van der Waals surface area (Å²) in [5.41, 5.74) is 1.33. The Bertz CT molecular complexity index is 1050. The van der Waals surface area contributed by atoms with Gasteiger partial charge in [-0.25, -0.2) is 4.79 Å². The third-order valence-electron chi connectivity index (χ3n) is 5.05. The van der Waals surface area contributed by atoms with Gasteiger partial charge < -0.3 is 20.1 Å². The van der Waals surface area contributed by atoms with Crippen LogP contribution in [0.25, 0.3) is 0 Å². The third kappa shape index (κ3) is 5.68. The molecule has 2 aromatic carbocycles. The Morgan fingerprint density at radius 3 is 2.52 bits per heavy atom. The molecule has 0 fully saturated rings. The molecule has 1 heterocycles. The Morgan fingerprint density at radius 2 is 1.79 bits per heavy atom. The van der Waals surface area contributed by atoms with E-state index in [1.807, 2.05) is 6.92 Å². The van der Waals surface area contributed by atoms with Crippen LogP contribution in [0.1, 0.15) is 31.1 Å². The van der Waals surface area contributed by atoms with Crippen molar-refractivity contribution < 1.29 is 28.7 Å². The maximum absolute atomic E-state index is 12.8. The number of nitrogens with zero attached hydrogens (tertiary/aromatic N) is 1. The molecule has 9 heteroatoms. The minimum absolute atomic E-state index is 0.175. The van der Waals surface area contributed by atoms with Crippen LogP contribution in [0, 0.1) is 5.92 Å². The number of carbonyl (C=O) groups is 4. The molecule has 3 rings (SSSR count). The van der Waals surface area contributed by atoms with Crippen molar-refractivity contribution in [1.82, 2.24) is 5.32 Å². The number of para-hydroxylation sites is 3. The zero-order valence-electron chi connectivity index (χ0n) is 18.8. The lowest BCUT2D eigenvalue weighted by Gasteiger charge is -2.29. The van der Waals surface area contributed by atoms with E-state index in [1.165, 1.54) is 4.90 Å². The number of amides is 3. The summed E-state index contributed by atoms with van der Waals surface area (Å²) in [6.07, 6.45) is 0. The Kier molecular flexibility index (Phi) is 7.66. The van der Waals surface area contributed by atoms with Gasteiger partial charge in [0.15, 0.2) is 6.61 Å². The van der Waals surface area contributed by atoms with Crippen LogP contribution in [0.3, 0.4) is 0 Å². The molecular formula is C24H27N3O6. The standard InChI is InChI=1S/C24H27N3O6/c1-4-32-19-12-8-5-9-16(19)23(30)26-22(15(2)3)24(31)33-14-21(29)27-13-20(28)25-17-10-6-7-11-18(17)27/h5-12,15,22H,4,13-14H2,1-3H3,(H,25,28)(H,26,30). The van der Waals surface area contributed by atoms with Crippen LogP contribution in [0.5, 0.6) is 5.75 Å². The Hall–Kier alpha value is -3.88. The molecule has 9 nitrogen and oxygen atoms in total. The fourth-order valence-corrected chi connectivity index (χ4v) is 3.41. The average molecular weight is 453 g/mol. The van der Waals surface area contributed by atoms with Crippen LogP contribution in [-0.2, 0) is 19.1 Å². The van der Waals surface area contributed by atoms with E-state index in [4.69, 9.17) is 9.47 Å². The molecule has 0 aliphatic carbocycles. The predicted molar refractivity (Wildman–Crippen MR) is 122 cm³/mol. The first-order chi connectivity index (χ1) is 15.8. The highest BCUT2D eigenvalue weighted by Gasteiger charge is 2.30. The maximum Gasteiger partial charge on any atom is 0.329 e. The fraction of sp³-hybridized carbons (Fsp3) is 0.333. The Labute approximate surface area is 192 Å². The first-order valence-corrected chi connectivity index (χ1v) is 10.7. The van der Waals surface area contributed by atoms with Gasteiger partial charge in [-0.2, -0.15) is 0 Å². The summed E-state index contributed by atoms with van der Waals surface area (Å²) < 4.78 is 10.7. The number of hydrogen-bond donors (Lipinski definition) is 2. The molecule has 0 bridgehead atoms. The molecule has 2 aromatic rings. The Morgan fingerprint density at radius 1 is 1.09 bits per heavy atom.